The second-order valence-corrected chi connectivity index (χ2v) is 5.66. The molecule has 0 spiro atoms. The molecule has 1 aromatic carbocycles. The van der Waals surface area contributed by atoms with Gasteiger partial charge in [0.2, 0.25) is 0 Å². The van der Waals surface area contributed by atoms with Gasteiger partial charge in [0.1, 0.15) is 0 Å². The van der Waals surface area contributed by atoms with E-state index in [1.54, 1.807) is 0 Å². The Labute approximate surface area is 116 Å². The Morgan fingerprint density at radius 1 is 1.26 bits per heavy atom. The van der Waals surface area contributed by atoms with Crippen LogP contribution in [0.3, 0.4) is 0 Å². The lowest BCUT2D eigenvalue weighted by Gasteiger charge is -2.07. The third-order valence-electron chi connectivity index (χ3n) is 4.12. The maximum atomic E-state index is 3.43. The predicted molar refractivity (Wildman–Crippen MR) is 84.0 cm³/mol. The van der Waals surface area contributed by atoms with Crippen molar-refractivity contribution in [3.63, 3.8) is 0 Å². The zero-order valence-electron chi connectivity index (χ0n) is 12.9. The molecule has 0 bridgehead atoms. The molecule has 0 aliphatic heterocycles. The number of benzene rings is 1. The molecule has 2 nitrogen and oxygen atoms in total. The zero-order chi connectivity index (χ0) is 14.0. The Kier molecular flexibility index (Phi) is 4.31. The van der Waals surface area contributed by atoms with Gasteiger partial charge in [0.05, 0.1) is 0 Å². The standard InChI is InChI=1S/C17H26N2/c1-6-18-10-9-15-13(4)19(5)17-8-7-14(12(2)3)11-16(15)17/h7-8,11-12,18H,6,9-10H2,1-5H3. The molecular formula is C17H26N2. The van der Waals surface area contributed by atoms with Crippen LogP contribution in [-0.2, 0) is 13.5 Å². The molecule has 1 aromatic heterocycles. The molecule has 0 aliphatic rings. The van der Waals surface area contributed by atoms with Crippen LogP contribution in [-0.4, -0.2) is 17.7 Å². The molecule has 0 saturated heterocycles. The van der Waals surface area contributed by atoms with E-state index in [1.807, 2.05) is 0 Å². The highest BCUT2D eigenvalue weighted by Crippen LogP contribution is 2.28. The van der Waals surface area contributed by atoms with Crippen molar-refractivity contribution in [3.05, 3.63) is 35.0 Å². The van der Waals surface area contributed by atoms with Crippen LogP contribution in [0.15, 0.2) is 18.2 Å². The smallest absolute Gasteiger partial charge is 0.0482 e. The molecular weight excluding hydrogens is 232 g/mol. The lowest BCUT2D eigenvalue weighted by Crippen LogP contribution is -2.16. The first-order valence-corrected chi connectivity index (χ1v) is 7.34. The predicted octanol–water partition coefficient (Wildman–Crippen LogP) is 3.76. The molecule has 2 heteroatoms. The highest BCUT2D eigenvalue weighted by molar-refractivity contribution is 5.86. The van der Waals surface area contributed by atoms with Gasteiger partial charge < -0.3 is 9.88 Å². The van der Waals surface area contributed by atoms with Crippen molar-refractivity contribution in [1.29, 1.82) is 0 Å². The lowest BCUT2D eigenvalue weighted by molar-refractivity contribution is 0.714. The summed E-state index contributed by atoms with van der Waals surface area (Å²) in [7, 11) is 2.17. The quantitative estimate of drug-likeness (QED) is 0.808. The van der Waals surface area contributed by atoms with E-state index in [4.69, 9.17) is 0 Å². The molecule has 0 unspecified atom stereocenters. The van der Waals surface area contributed by atoms with Crippen molar-refractivity contribution in [2.24, 2.45) is 7.05 Å². The van der Waals surface area contributed by atoms with Gasteiger partial charge in [-0.15, -0.1) is 0 Å². The summed E-state index contributed by atoms with van der Waals surface area (Å²) in [5.74, 6) is 0.589. The van der Waals surface area contributed by atoms with Crippen molar-refractivity contribution < 1.29 is 0 Å². The monoisotopic (exact) mass is 258 g/mol. The van der Waals surface area contributed by atoms with Gasteiger partial charge in [-0.1, -0.05) is 26.8 Å². The molecule has 0 atom stereocenters. The van der Waals surface area contributed by atoms with Crippen LogP contribution in [0, 0.1) is 6.92 Å². The topological polar surface area (TPSA) is 17.0 Å². The van der Waals surface area contributed by atoms with E-state index < -0.39 is 0 Å². The van der Waals surface area contributed by atoms with E-state index in [1.165, 1.54) is 27.7 Å². The van der Waals surface area contributed by atoms with Gasteiger partial charge in [-0.25, -0.2) is 0 Å². The molecule has 2 aromatic rings. The van der Waals surface area contributed by atoms with Gasteiger partial charge in [0, 0.05) is 23.6 Å². The molecule has 0 radical (unpaired) electrons. The highest BCUT2D eigenvalue weighted by atomic mass is 14.9. The summed E-state index contributed by atoms with van der Waals surface area (Å²) < 4.78 is 2.32. The van der Waals surface area contributed by atoms with E-state index in [2.05, 4.69) is 62.8 Å². The fraction of sp³-hybridized carbons (Fsp3) is 0.529. The van der Waals surface area contributed by atoms with Crippen LogP contribution in [0.4, 0.5) is 0 Å². The largest absolute Gasteiger partial charge is 0.348 e. The number of hydrogen-bond donors (Lipinski definition) is 1. The summed E-state index contributed by atoms with van der Waals surface area (Å²) in [5, 5.41) is 4.86. The van der Waals surface area contributed by atoms with Crippen LogP contribution in [0.5, 0.6) is 0 Å². The van der Waals surface area contributed by atoms with E-state index in [9.17, 15) is 0 Å². The first-order chi connectivity index (χ1) is 9.06. The van der Waals surface area contributed by atoms with Gasteiger partial charge in [-0.05, 0) is 55.6 Å². The number of fused-ring (bicyclic) bond motifs is 1. The van der Waals surface area contributed by atoms with Gasteiger partial charge in [-0.2, -0.15) is 0 Å². The van der Waals surface area contributed by atoms with Crippen molar-refractivity contribution in [3.8, 4) is 0 Å². The number of hydrogen-bond acceptors (Lipinski definition) is 1. The van der Waals surface area contributed by atoms with Gasteiger partial charge >= 0.3 is 0 Å². The molecule has 1 heterocycles. The van der Waals surface area contributed by atoms with E-state index >= 15 is 0 Å². The summed E-state index contributed by atoms with van der Waals surface area (Å²) >= 11 is 0. The Bertz CT molecular complexity index is 564. The first-order valence-electron chi connectivity index (χ1n) is 7.34. The van der Waals surface area contributed by atoms with Gasteiger partial charge in [0.15, 0.2) is 0 Å². The SMILES string of the molecule is CCNCCc1c(C)n(C)c2ccc(C(C)C)cc12. The molecule has 104 valence electrons. The molecule has 2 rings (SSSR count). The Morgan fingerprint density at radius 2 is 2.00 bits per heavy atom. The van der Waals surface area contributed by atoms with Crippen LogP contribution >= 0.6 is 0 Å². The van der Waals surface area contributed by atoms with Crippen molar-refractivity contribution in [2.75, 3.05) is 13.1 Å². The van der Waals surface area contributed by atoms with Gasteiger partial charge in [0.25, 0.3) is 0 Å². The summed E-state index contributed by atoms with van der Waals surface area (Å²) in [6.07, 6.45) is 1.11. The zero-order valence-corrected chi connectivity index (χ0v) is 12.9. The summed E-state index contributed by atoms with van der Waals surface area (Å²) in [4.78, 5) is 0. The molecule has 19 heavy (non-hydrogen) atoms. The maximum Gasteiger partial charge on any atom is 0.0482 e. The Morgan fingerprint density at radius 3 is 2.63 bits per heavy atom. The number of nitrogens with zero attached hydrogens (tertiary/aromatic N) is 1. The number of rotatable bonds is 5. The highest BCUT2D eigenvalue weighted by Gasteiger charge is 2.12. The average Bonchev–Trinajstić information content (AvgIpc) is 2.63. The van der Waals surface area contributed by atoms with Gasteiger partial charge in [-0.3, -0.25) is 0 Å². The fourth-order valence-corrected chi connectivity index (χ4v) is 2.73. The molecule has 0 aliphatic carbocycles. The number of aryl methyl sites for hydroxylation is 1. The number of nitrogens with one attached hydrogen (secondary N) is 1. The minimum Gasteiger partial charge on any atom is -0.348 e. The van der Waals surface area contributed by atoms with E-state index in [-0.39, 0.29) is 0 Å². The van der Waals surface area contributed by atoms with Crippen LogP contribution < -0.4 is 5.32 Å². The van der Waals surface area contributed by atoms with Crippen LogP contribution in [0.25, 0.3) is 10.9 Å². The summed E-state index contributed by atoms with van der Waals surface area (Å²) in [6.45, 7) is 11.0. The first kappa shape index (κ1) is 14.1. The maximum absolute atomic E-state index is 3.43. The normalized spacial score (nSPS) is 11.7. The number of likely N-dealkylation sites (N-methyl/N-ethyl adjacent to an activating group) is 1. The van der Waals surface area contributed by atoms with E-state index in [0.717, 1.165) is 19.5 Å². The summed E-state index contributed by atoms with van der Waals surface area (Å²) in [6, 6.07) is 6.92. The fourth-order valence-electron chi connectivity index (χ4n) is 2.73. The molecule has 1 N–H and O–H groups in total. The van der Waals surface area contributed by atoms with Crippen LogP contribution in [0.2, 0.25) is 0 Å². The average molecular weight is 258 g/mol. The molecule has 0 fully saturated rings. The minimum absolute atomic E-state index is 0.589. The molecule has 0 saturated carbocycles. The summed E-state index contributed by atoms with van der Waals surface area (Å²) in [5.41, 5.74) is 5.69. The van der Waals surface area contributed by atoms with Crippen LogP contribution in [0.1, 0.15) is 43.5 Å². The second-order valence-electron chi connectivity index (χ2n) is 5.66. The molecule has 0 amide bonds. The van der Waals surface area contributed by atoms with Crippen molar-refractivity contribution in [1.82, 2.24) is 9.88 Å². The van der Waals surface area contributed by atoms with E-state index in [0.29, 0.717) is 5.92 Å². The Balaban J connectivity index is 2.47. The minimum atomic E-state index is 0.589. The van der Waals surface area contributed by atoms with Crippen molar-refractivity contribution >= 4 is 10.9 Å². The third-order valence-corrected chi connectivity index (χ3v) is 4.12. The van der Waals surface area contributed by atoms with Crippen molar-refractivity contribution in [2.45, 2.75) is 40.0 Å². The second kappa shape index (κ2) is 5.79. The number of aromatic nitrogens is 1. The lowest BCUT2D eigenvalue weighted by atomic mass is 9.99. The third kappa shape index (κ3) is 2.69. The Hall–Kier alpha value is -1.28.